The Morgan fingerprint density at radius 3 is 2.33 bits per heavy atom. The molecule has 0 aliphatic heterocycles. The van der Waals surface area contributed by atoms with Gasteiger partial charge < -0.3 is 26.5 Å². The number of ether oxygens (including phenoxy) is 2. The zero-order chi connectivity index (χ0) is 28.5. The van der Waals surface area contributed by atoms with Crippen molar-refractivity contribution in [1.82, 2.24) is 20.9 Å². The van der Waals surface area contributed by atoms with Gasteiger partial charge in [-0.15, -0.1) is 10.2 Å². The molecule has 1 aromatic heterocycles. The number of aromatic hydroxyl groups is 1. The molecule has 3 aromatic carbocycles. The van der Waals surface area contributed by atoms with E-state index in [9.17, 15) is 0 Å². The van der Waals surface area contributed by atoms with Crippen LogP contribution in [0.5, 0.6) is 11.5 Å². The van der Waals surface area contributed by atoms with Gasteiger partial charge in [-0.1, -0.05) is 79.7 Å². The summed E-state index contributed by atoms with van der Waals surface area (Å²) in [4.78, 5) is 0. The van der Waals surface area contributed by atoms with E-state index in [0.717, 1.165) is 53.0 Å². The number of hydrogen-bond donors (Lipinski definition) is 3. The van der Waals surface area contributed by atoms with Crippen LogP contribution in [0, 0.1) is 13.8 Å². The zero-order valence-corrected chi connectivity index (χ0v) is 25.3. The molecule has 0 aliphatic carbocycles. The molecular formula is C31H45N5O3S. The number of nitrogens with zero attached hydrogens (tertiary/aromatic N) is 3. The minimum Gasteiger partial charge on any atom is -0.508 e. The molecule has 0 amide bonds. The first kappa shape index (κ1) is 34.7. The van der Waals surface area contributed by atoms with Crippen LogP contribution in [0.1, 0.15) is 49.2 Å². The average molecular weight is 568 g/mol. The van der Waals surface area contributed by atoms with Crippen molar-refractivity contribution in [3.05, 3.63) is 95.3 Å². The third kappa shape index (κ3) is 11.4. The van der Waals surface area contributed by atoms with Crippen LogP contribution in [0.2, 0.25) is 0 Å². The van der Waals surface area contributed by atoms with Crippen molar-refractivity contribution in [1.29, 1.82) is 0 Å². The highest BCUT2D eigenvalue weighted by molar-refractivity contribution is 7.98. The smallest absolute Gasteiger partial charge is 0.196 e. The summed E-state index contributed by atoms with van der Waals surface area (Å²) in [7, 11) is 1.68. The summed E-state index contributed by atoms with van der Waals surface area (Å²) < 4.78 is 12.8. The second-order valence-electron chi connectivity index (χ2n) is 8.53. The molecule has 218 valence electrons. The number of nitrogens with two attached hydrogens (primary N) is 1. The Bertz CT molecular complexity index is 1230. The SMILES string of the molecule is CC.COc1cccc(-n2c(CCCCOCN)nnc2SCc2cccc(C)c2)c1.Cc1ccccc1O.N. The number of benzene rings is 3. The molecule has 0 spiro atoms. The van der Waals surface area contributed by atoms with Crippen LogP contribution in [0.3, 0.4) is 0 Å². The lowest BCUT2D eigenvalue weighted by atomic mass is 10.2. The summed E-state index contributed by atoms with van der Waals surface area (Å²) in [5.41, 5.74) is 9.85. The monoisotopic (exact) mass is 567 g/mol. The summed E-state index contributed by atoms with van der Waals surface area (Å²) >= 11 is 1.69. The molecule has 6 N–H and O–H groups in total. The van der Waals surface area contributed by atoms with E-state index in [4.69, 9.17) is 20.3 Å². The fraction of sp³-hybridized carbons (Fsp3) is 0.355. The molecule has 0 atom stereocenters. The van der Waals surface area contributed by atoms with E-state index < -0.39 is 0 Å². The van der Waals surface area contributed by atoms with Crippen molar-refractivity contribution in [2.45, 2.75) is 57.9 Å². The van der Waals surface area contributed by atoms with E-state index >= 15 is 0 Å². The third-order valence-corrected chi connectivity index (χ3v) is 6.63. The maximum atomic E-state index is 8.92. The number of para-hydroxylation sites is 1. The summed E-state index contributed by atoms with van der Waals surface area (Å²) in [6.45, 7) is 8.91. The van der Waals surface area contributed by atoms with Crippen LogP contribution >= 0.6 is 11.8 Å². The topological polar surface area (TPSA) is 130 Å². The number of phenols is 1. The lowest BCUT2D eigenvalue weighted by Gasteiger charge is -2.12. The number of thioether (sulfide) groups is 1. The van der Waals surface area contributed by atoms with Gasteiger partial charge in [0.1, 0.15) is 17.3 Å². The normalized spacial score (nSPS) is 9.95. The van der Waals surface area contributed by atoms with Crippen molar-refractivity contribution in [2.24, 2.45) is 5.73 Å². The molecular weight excluding hydrogens is 522 g/mol. The van der Waals surface area contributed by atoms with Gasteiger partial charge >= 0.3 is 0 Å². The first-order valence-electron chi connectivity index (χ1n) is 13.3. The van der Waals surface area contributed by atoms with E-state index in [1.54, 1.807) is 24.9 Å². The number of unbranched alkanes of at least 4 members (excludes halogenated alkanes) is 1. The second kappa shape index (κ2) is 19.7. The molecule has 0 radical (unpaired) electrons. The molecule has 9 heteroatoms. The summed E-state index contributed by atoms with van der Waals surface area (Å²) in [6.07, 6.45) is 2.72. The molecule has 0 bridgehead atoms. The largest absolute Gasteiger partial charge is 0.508 e. The lowest BCUT2D eigenvalue weighted by Crippen LogP contribution is -2.07. The molecule has 0 saturated carbocycles. The number of phenolic OH excluding ortho intramolecular Hbond substituents is 1. The van der Waals surface area contributed by atoms with Gasteiger partial charge in [0.05, 0.1) is 19.5 Å². The van der Waals surface area contributed by atoms with Gasteiger partial charge in [0.2, 0.25) is 0 Å². The Morgan fingerprint density at radius 1 is 0.925 bits per heavy atom. The molecule has 0 aliphatic rings. The summed E-state index contributed by atoms with van der Waals surface area (Å²) in [5, 5.41) is 18.8. The van der Waals surface area contributed by atoms with Gasteiger partial charge in [-0.25, -0.2) is 0 Å². The van der Waals surface area contributed by atoms with Crippen molar-refractivity contribution in [2.75, 3.05) is 20.4 Å². The van der Waals surface area contributed by atoms with E-state index in [0.29, 0.717) is 12.4 Å². The van der Waals surface area contributed by atoms with E-state index in [1.807, 2.05) is 57.2 Å². The van der Waals surface area contributed by atoms with Crippen LogP contribution in [0.4, 0.5) is 0 Å². The molecule has 4 aromatic rings. The fourth-order valence-corrected chi connectivity index (χ4v) is 4.56. The minimum absolute atomic E-state index is 0. The quantitative estimate of drug-likeness (QED) is 0.100. The Morgan fingerprint density at radius 2 is 1.68 bits per heavy atom. The van der Waals surface area contributed by atoms with Crippen LogP contribution in [-0.2, 0) is 16.9 Å². The maximum Gasteiger partial charge on any atom is 0.196 e. The van der Waals surface area contributed by atoms with E-state index in [-0.39, 0.29) is 12.9 Å². The molecule has 0 fully saturated rings. The van der Waals surface area contributed by atoms with Crippen LogP contribution in [0.15, 0.2) is 78.0 Å². The first-order chi connectivity index (χ1) is 19.0. The second-order valence-corrected chi connectivity index (χ2v) is 9.47. The van der Waals surface area contributed by atoms with Gasteiger partial charge in [-0.2, -0.15) is 0 Å². The molecule has 40 heavy (non-hydrogen) atoms. The number of hydrogen-bond acceptors (Lipinski definition) is 8. The highest BCUT2D eigenvalue weighted by atomic mass is 32.2. The van der Waals surface area contributed by atoms with Gasteiger partial charge in [-0.05, 0) is 56.0 Å². The number of aromatic nitrogens is 3. The van der Waals surface area contributed by atoms with Crippen molar-refractivity contribution >= 4 is 11.8 Å². The predicted octanol–water partition coefficient (Wildman–Crippen LogP) is 7.02. The van der Waals surface area contributed by atoms with Gasteiger partial charge in [0.25, 0.3) is 0 Å². The highest BCUT2D eigenvalue weighted by Gasteiger charge is 2.15. The number of methoxy groups -OCH3 is 1. The summed E-state index contributed by atoms with van der Waals surface area (Å²) in [6, 6.07) is 23.8. The minimum atomic E-state index is 0. The third-order valence-electron chi connectivity index (χ3n) is 5.63. The van der Waals surface area contributed by atoms with Crippen molar-refractivity contribution in [3.63, 3.8) is 0 Å². The van der Waals surface area contributed by atoms with E-state index in [1.165, 1.54) is 11.1 Å². The van der Waals surface area contributed by atoms with Crippen molar-refractivity contribution < 1.29 is 14.6 Å². The number of rotatable bonds is 11. The van der Waals surface area contributed by atoms with Gasteiger partial charge in [0.15, 0.2) is 5.16 Å². The molecule has 1 heterocycles. The van der Waals surface area contributed by atoms with Crippen LogP contribution in [0.25, 0.3) is 5.69 Å². The van der Waals surface area contributed by atoms with Gasteiger partial charge in [0, 0.05) is 24.8 Å². The Kier molecular flexibility index (Phi) is 17.0. The van der Waals surface area contributed by atoms with E-state index in [2.05, 4.69) is 52.0 Å². The zero-order valence-electron chi connectivity index (χ0n) is 24.5. The molecule has 0 saturated heterocycles. The molecule has 4 rings (SSSR count). The molecule has 8 nitrogen and oxygen atoms in total. The maximum absolute atomic E-state index is 8.92. The fourth-order valence-electron chi connectivity index (χ4n) is 3.65. The standard InChI is InChI=1S/C22H28N4O2S.C7H8O.C2H6.H3N/c1-17-7-5-8-18(13-17)15-29-22-25-24-21(11-3-4-12-28-16-23)26(22)19-9-6-10-20(14-19)27-2;1-6-4-2-3-5-7(6)8;1-2;/h5-10,13-14H,3-4,11-12,15-16,23H2,1-2H3;2-5,8H,1H3;1-2H3;1H3. The lowest BCUT2D eigenvalue weighted by molar-refractivity contribution is 0.137. The Hall–Kier alpha value is -3.37. The molecule has 0 unspecified atom stereocenters. The average Bonchev–Trinajstić information content (AvgIpc) is 3.37. The number of aryl methyl sites for hydroxylation is 3. The Balaban J connectivity index is 0.000000619. The summed E-state index contributed by atoms with van der Waals surface area (Å²) in [5.74, 6) is 2.96. The van der Waals surface area contributed by atoms with Crippen molar-refractivity contribution in [3.8, 4) is 17.2 Å². The Labute approximate surface area is 243 Å². The van der Waals surface area contributed by atoms with Crippen LogP contribution in [-0.4, -0.2) is 40.3 Å². The van der Waals surface area contributed by atoms with Gasteiger partial charge in [-0.3, -0.25) is 4.57 Å². The van der Waals surface area contributed by atoms with Crippen LogP contribution < -0.4 is 16.6 Å². The predicted molar refractivity (Wildman–Crippen MR) is 166 cm³/mol. The highest BCUT2D eigenvalue weighted by Crippen LogP contribution is 2.28. The first-order valence-corrected chi connectivity index (χ1v) is 14.3.